The molecule has 0 atom stereocenters. The lowest BCUT2D eigenvalue weighted by molar-refractivity contribution is -0.111. The van der Waals surface area contributed by atoms with E-state index in [2.05, 4.69) is 15.4 Å². The van der Waals surface area contributed by atoms with Crippen LogP contribution < -0.4 is 10.1 Å². The molecule has 0 radical (unpaired) electrons. The van der Waals surface area contributed by atoms with E-state index in [1.54, 1.807) is 12.1 Å². The molecular weight excluding hydrogens is 483 g/mol. The van der Waals surface area contributed by atoms with Crippen molar-refractivity contribution in [1.29, 1.82) is 0 Å². The van der Waals surface area contributed by atoms with Gasteiger partial charge in [0, 0.05) is 18.6 Å². The van der Waals surface area contributed by atoms with Gasteiger partial charge in [-0.1, -0.05) is 11.3 Å². The highest BCUT2D eigenvalue weighted by atomic mass is 32.2. The summed E-state index contributed by atoms with van der Waals surface area (Å²) in [6, 6.07) is 3.26. The van der Waals surface area contributed by atoms with Gasteiger partial charge in [-0.15, -0.1) is 0 Å². The average Bonchev–Trinajstić information content (AvgIpc) is 3.51. The van der Waals surface area contributed by atoms with Crippen molar-refractivity contribution in [2.75, 3.05) is 25.6 Å². The van der Waals surface area contributed by atoms with Gasteiger partial charge < -0.3 is 9.47 Å². The molecule has 2 aliphatic rings. The molecule has 0 unspecified atom stereocenters. The molecule has 1 aliphatic carbocycles. The molecule has 1 aliphatic heterocycles. The zero-order chi connectivity index (χ0) is 23.9. The Morgan fingerprint density at radius 1 is 1.26 bits per heavy atom. The number of carbonyl (C=O) groups excluding carboxylic acids is 1. The van der Waals surface area contributed by atoms with E-state index >= 15 is 0 Å². The average molecular weight is 507 g/mol. The number of amides is 1. The number of halogens is 1. The van der Waals surface area contributed by atoms with E-state index in [1.807, 2.05) is 6.08 Å². The first-order chi connectivity index (χ1) is 16.4. The lowest BCUT2D eigenvalue weighted by Crippen LogP contribution is -2.21. The van der Waals surface area contributed by atoms with Crippen molar-refractivity contribution >= 4 is 48.8 Å². The minimum atomic E-state index is -3.61. The monoisotopic (exact) mass is 506 g/mol. The number of aromatic nitrogens is 3. The van der Waals surface area contributed by atoms with Gasteiger partial charge in [0.05, 0.1) is 30.3 Å². The van der Waals surface area contributed by atoms with E-state index in [1.165, 1.54) is 18.0 Å². The number of rotatable bonds is 7. The molecule has 0 spiro atoms. The summed E-state index contributed by atoms with van der Waals surface area (Å²) in [4.78, 5) is 17.2. The molecule has 1 saturated carbocycles. The highest BCUT2D eigenvalue weighted by Crippen LogP contribution is 2.41. The molecule has 2 fully saturated rings. The summed E-state index contributed by atoms with van der Waals surface area (Å²) >= 11 is 0.719. The third-order valence-electron chi connectivity index (χ3n) is 5.95. The number of anilines is 1. The van der Waals surface area contributed by atoms with Crippen LogP contribution in [-0.2, 0) is 19.4 Å². The molecule has 0 bridgehead atoms. The minimum absolute atomic E-state index is 0.0645. The fourth-order valence-electron chi connectivity index (χ4n) is 4.07. The third kappa shape index (κ3) is 4.32. The van der Waals surface area contributed by atoms with Crippen molar-refractivity contribution in [3.63, 3.8) is 0 Å². The van der Waals surface area contributed by atoms with Crippen LogP contribution in [0.3, 0.4) is 0 Å². The Morgan fingerprint density at radius 3 is 2.68 bits per heavy atom. The molecule has 1 aromatic carbocycles. The van der Waals surface area contributed by atoms with Crippen LogP contribution in [0.1, 0.15) is 25.7 Å². The van der Waals surface area contributed by atoms with Crippen molar-refractivity contribution in [2.45, 2.75) is 35.8 Å². The Morgan fingerprint density at radius 2 is 2.03 bits per heavy atom. The molecule has 5 rings (SSSR count). The van der Waals surface area contributed by atoms with Gasteiger partial charge in [-0.05, 0) is 49.8 Å². The molecule has 12 heteroatoms. The molecule has 3 heterocycles. The number of methoxy groups -OCH3 is 1. The molecule has 3 aromatic rings. The first-order valence-corrected chi connectivity index (χ1v) is 13.3. The zero-order valence-electron chi connectivity index (χ0n) is 18.4. The normalized spacial score (nSPS) is 17.8. The van der Waals surface area contributed by atoms with Crippen LogP contribution in [0.25, 0.3) is 16.6 Å². The van der Waals surface area contributed by atoms with Crippen molar-refractivity contribution in [2.24, 2.45) is 5.92 Å². The van der Waals surface area contributed by atoms with E-state index < -0.39 is 26.1 Å². The standard InChI is InChI=1S/C22H23FN4O5S2/c1-31-18-5-4-16-15(20(18)34(29,30)14-2-3-14)11-25-27(16)17(10-13-6-8-32-9-7-13)21(28)26-22-24-12-19(23)33-22/h4-5,10-14H,2-3,6-9H2,1H3,(H,24,26,28)/b17-10+. The number of thiazole rings is 1. The van der Waals surface area contributed by atoms with Gasteiger partial charge in [-0.3, -0.25) is 10.1 Å². The van der Waals surface area contributed by atoms with Crippen LogP contribution in [0.4, 0.5) is 9.52 Å². The van der Waals surface area contributed by atoms with Gasteiger partial charge in [-0.25, -0.2) is 18.1 Å². The number of hydrogen-bond donors (Lipinski definition) is 1. The van der Waals surface area contributed by atoms with Crippen LogP contribution in [0.5, 0.6) is 5.75 Å². The van der Waals surface area contributed by atoms with Gasteiger partial charge >= 0.3 is 0 Å². The topological polar surface area (TPSA) is 112 Å². The Labute approximate surface area is 199 Å². The van der Waals surface area contributed by atoms with Gasteiger partial charge in [0.25, 0.3) is 5.91 Å². The molecule has 2 aromatic heterocycles. The summed E-state index contributed by atoms with van der Waals surface area (Å²) in [6.07, 6.45) is 6.98. The quantitative estimate of drug-likeness (QED) is 0.488. The van der Waals surface area contributed by atoms with Crippen LogP contribution >= 0.6 is 11.3 Å². The second-order valence-corrected chi connectivity index (χ2v) is 11.4. The maximum Gasteiger partial charge on any atom is 0.275 e. The van der Waals surface area contributed by atoms with Gasteiger partial charge in [0.1, 0.15) is 16.3 Å². The molecule has 1 saturated heterocycles. The number of hydrogen-bond acceptors (Lipinski definition) is 8. The van der Waals surface area contributed by atoms with Crippen LogP contribution in [0.15, 0.2) is 35.5 Å². The van der Waals surface area contributed by atoms with Crippen molar-refractivity contribution in [3.05, 3.63) is 35.7 Å². The summed E-state index contributed by atoms with van der Waals surface area (Å²) in [5.41, 5.74) is 0.663. The fourth-order valence-corrected chi connectivity index (χ4v) is 6.59. The minimum Gasteiger partial charge on any atom is -0.495 e. The lowest BCUT2D eigenvalue weighted by atomic mass is 9.99. The number of sulfone groups is 1. The van der Waals surface area contributed by atoms with E-state index in [-0.39, 0.29) is 27.4 Å². The first-order valence-electron chi connectivity index (χ1n) is 10.9. The Bertz CT molecular complexity index is 1370. The largest absolute Gasteiger partial charge is 0.495 e. The molecule has 1 amide bonds. The zero-order valence-corrected chi connectivity index (χ0v) is 20.0. The summed E-state index contributed by atoms with van der Waals surface area (Å²) in [5.74, 6) is -0.209. The fraction of sp³-hybridized carbons (Fsp3) is 0.409. The van der Waals surface area contributed by atoms with Gasteiger partial charge in [0.15, 0.2) is 20.1 Å². The Balaban J connectivity index is 1.62. The van der Waals surface area contributed by atoms with Gasteiger partial charge in [0.2, 0.25) is 0 Å². The smallest absolute Gasteiger partial charge is 0.275 e. The SMILES string of the molecule is COc1ccc2c(cnn2/C(=C/C2CCOCC2)C(=O)Nc2ncc(F)s2)c1S(=O)(=O)C1CC1. The molecule has 1 N–H and O–H groups in total. The number of nitrogens with one attached hydrogen (secondary N) is 1. The van der Waals surface area contributed by atoms with Crippen molar-refractivity contribution in [1.82, 2.24) is 14.8 Å². The van der Waals surface area contributed by atoms with Crippen LogP contribution in [0, 0.1) is 11.0 Å². The van der Waals surface area contributed by atoms with E-state index in [0.29, 0.717) is 37.0 Å². The summed E-state index contributed by atoms with van der Waals surface area (Å²) in [5, 5.41) is 6.59. The predicted molar refractivity (Wildman–Crippen MR) is 125 cm³/mol. The maximum absolute atomic E-state index is 13.4. The number of fused-ring (bicyclic) bond motifs is 1. The molecular formula is C22H23FN4O5S2. The maximum atomic E-state index is 13.4. The third-order valence-corrected chi connectivity index (χ3v) is 8.99. The highest BCUT2D eigenvalue weighted by molar-refractivity contribution is 7.92. The first kappa shape index (κ1) is 22.9. The molecule has 9 nitrogen and oxygen atoms in total. The highest BCUT2D eigenvalue weighted by Gasteiger charge is 2.40. The lowest BCUT2D eigenvalue weighted by Gasteiger charge is -2.20. The second kappa shape index (κ2) is 9.08. The second-order valence-electron chi connectivity index (χ2n) is 8.26. The summed E-state index contributed by atoms with van der Waals surface area (Å²) in [7, 11) is -2.18. The van der Waals surface area contributed by atoms with Crippen molar-refractivity contribution < 1.29 is 27.1 Å². The van der Waals surface area contributed by atoms with E-state index in [0.717, 1.165) is 30.4 Å². The number of allylic oxidation sites excluding steroid dienone is 1. The predicted octanol–water partition coefficient (Wildman–Crippen LogP) is 3.48. The number of benzene rings is 1. The summed E-state index contributed by atoms with van der Waals surface area (Å²) in [6.45, 7) is 1.16. The van der Waals surface area contributed by atoms with Gasteiger partial charge in [-0.2, -0.15) is 9.49 Å². The van der Waals surface area contributed by atoms with Crippen LogP contribution in [-0.4, -0.2) is 54.7 Å². The van der Waals surface area contributed by atoms with Crippen molar-refractivity contribution in [3.8, 4) is 5.75 Å². The Hall–Kier alpha value is -2.83. The number of ether oxygens (including phenoxy) is 2. The van der Waals surface area contributed by atoms with E-state index in [4.69, 9.17) is 9.47 Å². The Kier molecular flexibility index (Phi) is 6.13. The summed E-state index contributed by atoms with van der Waals surface area (Å²) < 4.78 is 52.0. The number of nitrogens with zero attached hydrogens (tertiary/aromatic N) is 3. The molecule has 180 valence electrons. The molecule has 34 heavy (non-hydrogen) atoms. The van der Waals surface area contributed by atoms with E-state index in [9.17, 15) is 17.6 Å². The number of carbonyl (C=O) groups is 1. The van der Waals surface area contributed by atoms with Crippen LogP contribution in [0.2, 0.25) is 0 Å².